The molecule has 1 heterocycles. The molecule has 0 aliphatic rings. The second-order valence-corrected chi connectivity index (χ2v) is 6.07. The van der Waals surface area contributed by atoms with Crippen LogP contribution in [0, 0.1) is 0 Å². The van der Waals surface area contributed by atoms with Crippen molar-refractivity contribution in [1.29, 1.82) is 0 Å². The predicted molar refractivity (Wildman–Crippen MR) is 89.2 cm³/mol. The molecule has 0 unspecified atom stereocenters. The van der Waals surface area contributed by atoms with Gasteiger partial charge < -0.3 is 5.73 Å². The molecular formula is C17H29ClN2. The summed E-state index contributed by atoms with van der Waals surface area (Å²) in [5, 5.41) is 0.682. The molecule has 0 bridgehead atoms. The van der Waals surface area contributed by atoms with Crippen LogP contribution in [0.1, 0.15) is 76.7 Å². The van der Waals surface area contributed by atoms with Crippen LogP contribution >= 0.6 is 11.6 Å². The van der Waals surface area contributed by atoms with E-state index in [0.717, 1.165) is 12.0 Å². The van der Waals surface area contributed by atoms with Crippen molar-refractivity contribution >= 4 is 17.4 Å². The molecule has 0 saturated heterocycles. The van der Waals surface area contributed by atoms with Crippen LogP contribution in [0.5, 0.6) is 0 Å². The van der Waals surface area contributed by atoms with Crippen molar-refractivity contribution in [2.75, 3.05) is 5.73 Å². The molecule has 0 saturated carbocycles. The Hall–Kier alpha value is -0.760. The highest BCUT2D eigenvalue weighted by Gasteiger charge is 2.01. The van der Waals surface area contributed by atoms with Crippen LogP contribution < -0.4 is 5.73 Å². The fraction of sp³-hybridized carbons (Fsp3) is 0.706. The van der Waals surface area contributed by atoms with Gasteiger partial charge in [0.05, 0.1) is 5.02 Å². The van der Waals surface area contributed by atoms with E-state index in [9.17, 15) is 0 Å². The Morgan fingerprint density at radius 3 is 2.10 bits per heavy atom. The lowest BCUT2D eigenvalue weighted by atomic mass is 10.0. The molecule has 1 rings (SSSR count). The first-order valence-electron chi connectivity index (χ1n) is 8.14. The molecular weight excluding hydrogens is 268 g/mol. The summed E-state index contributed by atoms with van der Waals surface area (Å²) in [6.45, 7) is 2.27. The summed E-state index contributed by atoms with van der Waals surface area (Å²) in [5.74, 6) is 0.630. The molecule has 1 aromatic heterocycles. The summed E-state index contributed by atoms with van der Waals surface area (Å²) in [4.78, 5) is 4.09. The van der Waals surface area contributed by atoms with Crippen LogP contribution in [0.4, 0.5) is 5.82 Å². The highest BCUT2D eigenvalue weighted by Crippen LogP contribution is 2.18. The molecule has 2 nitrogen and oxygen atoms in total. The molecule has 2 N–H and O–H groups in total. The highest BCUT2D eigenvalue weighted by atomic mass is 35.5. The maximum atomic E-state index is 5.93. The summed E-state index contributed by atoms with van der Waals surface area (Å²) < 4.78 is 0. The van der Waals surface area contributed by atoms with E-state index in [1.165, 1.54) is 64.2 Å². The van der Waals surface area contributed by atoms with Gasteiger partial charge in [-0.15, -0.1) is 0 Å². The van der Waals surface area contributed by atoms with Gasteiger partial charge in [-0.2, -0.15) is 0 Å². The van der Waals surface area contributed by atoms with Crippen molar-refractivity contribution in [1.82, 2.24) is 4.98 Å². The second kappa shape index (κ2) is 11.0. The lowest BCUT2D eigenvalue weighted by Crippen LogP contribution is -1.97. The van der Waals surface area contributed by atoms with E-state index in [-0.39, 0.29) is 0 Å². The van der Waals surface area contributed by atoms with Gasteiger partial charge >= 0.3 is 0 Å². The molecule has 0 fully saturated rings. The topological polar surface area (TPSA) is 38.9 Å². The third-order valence-electron chi connectivity index (χ3n) is 3.77. The van der Waals surface area contributed by atoms with Crippen molar-refractivity contribution in [2.24, 2.45) is 0 Å². The average molecular weight is 297 g/mol. The van der Waals surface area contributed by atoms with Gasteiger partial charge in [-0.3, -0.25) is 0 Å². The maximum Gasteiger partial charge on any atom is 0.126 e. The SMILES string of the molecule is CCCCCCCCCCCCc1cc(Cl)cnc1N. The first-order chi connectivity index (χ1) is 9.74. The molecule has 0 aromatic carbocycles. The zero-order valence-electron chi connectivity index (χ0n) is 12.8. The number of hydrogen-bond acceptors (Lipinski definition) is 2. The van der Waals surface area contributed by atoms with Crippen LogP contribution in [0.15, 0.2) is 12.3 Å². The van der Waals surface area contributed by atoms with E-state index in [1.807, 2.05) is 6.07 Å². The van der Waals surface area contributed by atoms with E-state index in [1.54, 1.807) is 6.20 Å². The third-order valence-corrected chi connectivity index (χ3v) is 3.97. The molecule has 0 radical (unpaired) electrons. The van der Waals surface area contributed by atoms with Gasteiger partial charge in [-0.1, -0.05) is 76.3 Å². The number of nitrogens with two attached hydrogens (primary N) is 1. The molecule has 0 aliphatic carbocycles. The Bertz CT molecular complexity index is 366. The minimum Gasteiger partial charge on any atom is -0.383 e. The molecule has 0 amide bonds. The van der Waals surface area contributed by atoms with Crippen LogP contribution in [-0.4, -0.2) is 4.98 Å². The number of hydrogen-bond donors (Lipinski definition) is 1. The molecule has 3 heteroatoms. The average Bonchev–Trinajstić information content (AvgIpc) is 2.44. The Morgan fingerprint density at radius 2 is 1.50 bits per heavy atom. The monoisotopic (exact) mass is 296 g/mol. The van der Waals surface area contributed by atoms with Crippen LogP contribution in [0.2, 0.25) is 5.02 Å². The maximum absolute atomic E-state index is 5.93. The standard InChI is InChI=1S/C17H29ClN2/c1-2-3-4-5-6-7-8-9-10-11-12-15-13-16(18)14-20-17(15)19/h13-14H,2-12H2,1H3,(H2,19,20). The molecule has 0 spiro atoms. The zero-order valence-corrected chi connectivity index (χ0v) is 13.6. The minimum absolute atomic E-state index is 0.630. The van der Waals surface area contributed by atoms with Crippen molar-refractivity contribution in [3.05, 3.63) is 22.8 Å². The molecule has 114 valence electrons. The Kier molecular flexibility index (Phi) is 9.48. The second-order valence-electron chi connectivity index (χ2n) is 5.63. The molecule has 0 atom stereocenters. The van der Waals surface area contributed by atoms with E-state index in [2.05, 4.69) is 11.9 Å². The van der Waals surface area contributed by atoms with Gasteiger partial charge in [0, 0.05) is 6.20 Å². The molecule has 0 aliphatic heterocycles. The summed E-state index contributed by atoms with van der Waals surface area (Å²) in [7, 11) is 0. The fourth-order valence-electron chi connectivity index (χ4n) is 2.49. The number of unbranched alkanes of at least 4 members (excludes halogenated alkanes) is 9. The predicted octanol–water partition coefficient (Wildman–Crippen LogP) is 5.78. The van der Waals surface area contributed by atoms with E-state index < -0.39 is 0 Å². The van der Waals surface area contributed by atoms with Crippen LogP contribution in [0.3, 0.4) is 0 Å². The van der Waals surface area contributed by atoms with Crippen LogP contribution in [0.25, 0.3) is 0 Å². The number of nitrogen functional groups attached to an aromatic ring is 1. The van der Waals surface area contributed by atoms with E-state index in [0.29, 0.717) is 10.8 Å². The number of rotatable bonds is 11. The number of nitrogens with zero attached hydrogens (tertiary/aromatic N) is 1. The van der Waals surface area contributed by atoms with Crippen molar-refractivity contribution in [3.63, 3.8) is 0 Å². The Labute approximate surface area is 129 Å². The largest absolute Gasteiger partial charge is 0.383 e. The molecule has 20 heavy (non-hydrogen) atoms. The number of aryl methyl sites for hydroxylation is 1. The zero-order chi connectivity index (χ0) is 14.6. The van der Waals surface area contributed by atoms with E-state index in [4.69, 9.17) is 17.3 Å². The Balaban J connectivity index is 1.98. The summed E-state index contributed by atoms with van der Waals surface area (Å²) in [6.07, 6.45) is 16.1. The third kappa shape index (κ3) is 7.74. The smallest absolute Gasteiger partial charge is 0.126 e. The summed E-state index contributed by atoms with van der Waals surface area (Å²) >= 11 is 5.93. The van der Waals surface area contributed by atoms with E-state index >= 15 is 0 Å². The van der Waals surface area contributed by atoms with Gasteiger partial charge in [0.2, 0.25) is 0 Å². The number of halogens is 1. The van der Waals surface area contributed by atoms with Gasteiger partial charge in [-0.25, -0.2) is 4.98 Å². The summed E-state index contributed by atoms with van der Waals surface area (Å²) in [6, 6.07) is 1.94. The normalized spacial score (nSPS) is 10.9. The van der Waals surface area contributed by atoms with Crippen LogP contribution in [-0.2, 0) is 6.42 Å². The minimum atomic E-state index is 0.630. The lowest BCUT2D eigenvalue weighted by molar-refractivity contribution is 0.556. The van der Waals surface area contributed by atoms with Gasteiger partial charge in [-0.05, 0) is 24.5 Å². The van der Waals surface area contributed by atoms with Crippen molar-refractivity contribution in [3.8, 4) is 0 Å². The Morgan fingerprint density at radius 1 is 0.950 bits per heavy atom. The fourth-order valence-corrected chi connectivity index (χ4v) is 2.68. The van der Waals surface area contributed by atoms with Gasteiger partial charge in [0.15, 0.2) is 0 Å². The molecule has 1 aromatic rings. The highest BCUT2D eigenvalue weighted by molar-refractivity contribution is 6.30. The quantitative estimate of drug-likeness (QED) is 0.526. The summed E-state index contributed by atoms with van der Waals surface area (Å²) in [5.41, 5.74) is 6.93. The lowest BCUT2D eigenvalue weighted by Gasteiger charge is -2.05. The number of anilines is 1. The van der Waals surface area contributed by atoms with Crippen molar-refractivity contribution < 1.29 is 0 Å². The number of pyridine rings is 1. The first-order valence-corrected chi connectivity index (χ1v) is 8.51. The number of aromatic nitrogens is 1. The van der Waals surface area contributed by atoms with Gasteiger partial charge in [0.25, 0.3) is 0 Å². The first kappa shape index (κ1) is 17.3. The van der Waals surface area contributed by atoms with Crippen molar-refractivity contribution in [2.45, 2.75) is 77.6 Å². The van der Waals surface area contributed by atoms with Gasteiger partial charge in [0.1, 0.15) is 5.82 Å².